The van der Waals surface area contributed by atoms with Crippen LogP contribution >= 0.6 is 0 Å². The number of aliphatic hydroxyl groups is 1. The zero-order chi connectivity index (χ0) is 24.2. The van der Waals surface area contributed by atoms with Crippen molar-refractivity contribution in [3.05, 3.63) is 11.6 Å². The van der Waals surface area contributed by atoms with Crippen LogP contribution < -0.4 is 0 Å². The third-order valence-electron chi connectivity index (χ3n) is 9.44. The van der Waals surface area contributed by atoms with E-state index in [1.165, 1.54) is 6.92 Å². The minimum absolute atomic E-state index is 0.00447. The Bertz CT molecular complexity index is 906. The second kappa shape index (κ2) is 8.33. The first kappa shape index (κ1) is 24.1. The number of carbonyl (C=O) groups is 4. The molecule has 0 aliphatic heterocycles. The van der Waals surface area contributed by atoms with Gasteiger partial charge in [0.15, 0.2) is 18.0 Å². The van der Waals surface area contributed by atoms with Crippen LogP contribution in [0.1, 0.15) is 79.1 Å². The van der Waals surface area contributed by atoms with Crippen LogP contribution in [0.25, 0.3) is 0 Å². The molecule has 0 amide bonds. The van der Waals surface area contributed by atoms with E-state index in [0.717, 1.165) is 24.8 Å². The Balaban J connectivity index is 1.70. The highest BCUT2D eigenvalue weighted by atomic mass is 16.6. The zero-order valence-corrected chi connectivity index (χ0v) is 20.1. The first-order valence-corrected chi connectivity index (χ1v) is 12.3. The Morgan fingerprint density at radius 2 is 1.88 bits per heavy atom. The molecule has 0 bridgehead atoms. The van der Waals surface area contributed by atoms with E-state index in [9.17, 15) is 24.3 Å². The van der Waals surface area contributed by atoms with Crippen LogP contribution in [0.3, 0.4) is 0 Å². The Kier molecular flexibility index (Phi) is 6.09. The summed E-state index contributed by atoms with van der Waals surface area (Å²) in [7, 11) is 0. The highest BCUT2D eigenvalue weighted by Gasteiger charge is 2.70. The van der Waals surface area contributed by atoms with Crippen LogP contribution in [-0.2, 0) is 28.7 Å². The molecule has 0 aromatic rings. The molecule has 7 atom stereocenters. The van der Waals surface area contributed by atoms with Crippen molar-refractivity contribution in [2.75, 3.05) is 6.61 Å². The molecule has 0 aromatic carbocycles. The van der Waals surface area contributed by atoms with Crippen LogP contribution in [0.5, 0.6) is 0 Å². The summed E-state index contributed by atoms with van der Waals surface area (Å²) < 4.78 is 11.0. The molecule has 0 spiro atoms. The number of hydrogen-bond acceptors (Lipinski definition) is 7. The normalized spacial score (nSPS) is 41.8. The van der Waals surface area contributed by atoms with Crippen LogP contribution in [-0.4, -0.2) is 46.9 Å². The van der Waals surface area contributed by atoms with E-state index in [-0.39, 0.29) is 35.4 Å². The van der Waals surface area contributed by atoms with Gasteiger partial charge in [-0.25, -0.2) is 0 Å². The van der Waals surface area contributed by atoms with Crippen molar-refractivity contribution >= 4 is 23.5 Å². The molecule has 0 radical (unpaired) electrons. The second-order valence-corrected chi connectivity index (χ2v) is 11.0. The minimum Gasteiger partial charge on any atom is -0.457 e. The smallest absolute Gasteiger partial charge is 0.305 e. The van der Waals surface area contributed by atoms with Crippen LogP contribution in [0, 0.1) is 28.6 Å². The molecule has 7 heteroatoms. The Morgan fingerprint density at radius 1 is 1.15 bits per heavy atom. The number of rotatable bonds is 5. The molecule has 182 valence electrons. The molecule has 3 fully saturated rings. The third kappa shape index (κ3) is 3.58. The average molecular weight is 461 g/mol. The SMILES string of the molecule is CCC(=O)OCC(=O)[C@@]1(OC(C)=O)CCC2C3CCC4=CC(=O)CCC4(C)C3C(O)CC21C. The highest BCUT2D eigenvalue weighted by Crippen LogP contribution is 2.68. The lowest BCUT2D eigenvalue weighted by atomic mass is 9.45. The van der Waals surface area contributed by atoms with Gasteiger partial charge in [-0.05, 0) is 67.8 Å². The van der Waals surface area contributed by atoms with E-state index in [4.69, 9.17) is 9.47 Å². The van der Waals surface area contributed by atoms with E-state index < -0.39 is 41.4 Å². The number of fused-ring (bicyclic) bond motifs is 5. The van der Waals surface area contributed by atoms with Crippen molar-refractivity contribution < 1.29 is 33.8 Å². The first-order chi connectivity index (χ1) is 15.5. The van der Waals surface area contributed by atoms with Crippen LogP contribution in [0.4, 0.5) is 0 Å². The van der Waals surface area contributed by atoms with E-state index in [2.05, 4.69) is 6.92 Å². The monoisotopic (exact) mass is 460 g/mol. The van der Waals surface area contributed by atoms with Gasteiger partial charge in [0, 0.05) is 25.2 Å². The summed E-state index contributed by atoms with van der Waals surface area (Å²) >= 11 is 0. The average Bonchev–Trinajstić information content (AvgIpc) is 3.03. The van der Waals surface area contributed by atoms with Gasteiger partial charge in [-0.15, -0.1) is 0 Å². The van der Waals surface area contributed by atoms with E-state index >= 15 is 0 Å². The number of ketones is 2. The van der Waals surface area contributed by atoms with Gasteiger partial charge in [0.1, 0.15) is 0 Å². The van der Waals surface area contributed by atoms with E-state index in [1.54, 1.807) is 13.0 Å². The molecule has 0 heterocycles. The summed E-state index contributed by atoms with van der Waals surface area (Å²) in [5, 5.41) is 11.5. The van der Waals surface area contributed by atoms with Gasteiger partial charge in [-0.1, -0.05) is 26.3 Å². The molecule has 1 N–H and O–H groups in total. The number of carbonyl (C=O) groups excluding carboxylic acids is 4. The lowest BCUT2D eigenvalue weighted by Gasteiger charge is -2.60. The quantitative estimate of drug-likeness (QED) is 0.627. The lowest BCUT2D eigenvalue weighted by Crippen LogP contribution is -2.63. The highest BCUT2D eigenvalue weighted by molar-refractivity contribution is 5.93. The summed E-state index contributed by atoms with van der Waals surface area (Å²) in [6.45, 7) is 6.66. The van der Waals surface area contributed by atoms with Gasteiger partial charge in [0.25, 0.3) is 0 Å². The van der Waals surface area contributed by atoms with Gasteiger partial charge in [-0.3, -0.25) is 19.2 Å². The van der Waals surface area contributed by atoms with Gasteiger partial charge < -0.3 is 14.6 Å². The minimum atomic E-state index is -1.41. The molecule has 3 saturated carbocycles. The number of esters is 2. The molecule has 4 aliphatic carbocycles. The van der Waals surface area contributed by atoms with Crippen molar-refractivity contribution in [3.63, 3.8) is 0 Å². The predicted molar refractivity (Wildman–Crippen MR) is 119 cm³/mol. The largest absolute Gasteiger partial charge is 0.457 e. The molecule has 0 saturated heterocycles. The molecule has 7 nitrogen and oxygen atoms in total. The summed E-state index contributed by atoms with van der Waals surface area (Å²) in [4.78, 5) is 49.4. The summed E-state index contributed by atoms with van der Waals surface area (Å²) in [6.07, 6.45) is 5.56. The van der Waals surface area contributed by atoms with Gasteiger partial charge >= 0.3 is 11.9 Å². The van der Waals surface area contributed by atoms with E-state index in [0.29, 0.717) is 25.7 Å². The lowest BCUT2D eigenvalue weighted by molar-refractivity contribution is -0.201. The Labute approximate surface area is 195 Å². The number of aliphatic hydroxyl groups excluding tert-OH is 1. The van der Waals surface area contributed by atoms with Crippen molar-refractivity contribution in [2.45, 2.75) is 90.8 Å². The standard InChI is InChI=1S/C26H36O7/c1-5-22(31)32-14-21(30)26(33-15(2)27)11-9-19-18-7-6-16-12-17(28)8-10-24(16,3)23(18)20(29)13-25(19,26)4/h12,18-20,23,29H,5-11,13-14H2,1-4H3/t18?,19?,20?,23?,24?,25?,26-/m0/s1. The summed E-state index contributed by atoms with van der Waals surface area (Å²) in [6, 6.07) is 0. The molecular formula is C26H36O7. The molecule has 33 heavy (non-hydrogen) atoms. The van der Waals surface area contributed by atoms with Gasteiger partial charge in [0.05, 0.1) is 6.10 Å². The fourth-order valence-electron chi connectivity index (χ4n) is 7.97. The molecular weight excluding hydrogens is 424 g/mol. The van der Waals surface area contributed by atoms with Crippen molar-refractivity contribution in [3.8, 4) is 0 Å². The van der Waals surface area contributed by atoms with Crippen molar-refractivity contribution in [2.24, 2.45) is 28.6 Å². The summed E-state index contributed by atoms with van der Waals surface area (Å²) in [5.74, 6) is -1.00. The molecule has 6 unspecified atom stereocenters. The van der Waals surface area contributed by atoms with Crippen molar-refractivity contribution in [1.82, 2.24) is 0 Å². The van der Waals surface area contributed by atoms with E-state index in [1.807, 2.05) is 6.92 Å². The molecule has 4 rings (SSSR count). The number of hydrogen-bond donors (Lipinski definition) is 1. The maximum atomic E-state index is 13.5. The van der Waals surface area contributed by atoms with Crippen LogP contribution in [0.2, 0.25) is 0 Å². The fourth-order valence-corrected chi connectivity index (χ4v) is 7.97. The number of ether oxygens (including phenoxy) is 2. The Hall–Kier alpha value is -2.02. The molecule has 4 aliphatic rings. The predicted octanol–water partition coefficient (Wildman–Crippen LogP) is 3.31. The number of Topliss-reactive ketones (excluding diaryl/α,β-unsaturated/α-hetero) is 1. The maximum absolute atomic E-state index is 13.5. The zero-order valence-electron chi connectivity index (χ0n) is 20.1. The van der Waals surface area contributed by atoms with Gasteiger partial charge in [-0.2, -0.15) is 0 Å². The first-order valence-electron chi connectivity index (χ1n) is 12.3. The molecule has 0 aromatic heterocycles. The number of allylic oxidation sites excluding steroid dienone is 1. The van der Waals surface area contributed by atoms with Crippen molar-refractivity contribution in [1.29, 1.82) is 0 Å². The fraction of sp³-hybridized carbons (Fsp3) is 0.769. The topological polar surface area (TPSA) is 107 Å². The van der Waals surface area contributed by atoms with Crippen LogP contribution in [0.15, 0.2) is 11.6 Å². The van der Waals surface area contributed by atoms with Gasteiger partial charge in [0.2, 0.25) is 5.78 Å². The third-order valence-corrected chi connectivity index (χ3v) is 9.44. The Morgan fingerprint density at radius 3 is 2.55 bits per heavy atom. The maximum Gasteiger partial charge on any atom is 0.305 e. The summed E-state index contributed by atoms with van der Waals surface area (Å²) in [5.41, 5.74) is -1.25. The second-order valence-electron chi connectivity index (χ2n) is 11.0.